The summed E-state index contributed by atoms with van der Waals surface area (Å²) in [6, 6.07) is 22.8. The second-order valence-corrected chi connectivity index (χ2v) is 8.94. The van der Waals surface area contributed by atoms with Crippen molar-refractivity contribution in [3.8, 4) is 22.6 Å². The predicted octanol–water partition coefficient (Wildman–Crippen LogP) is 6.19. The normalized spacial score (nSPS) is 14.0. The molecule has 0 aromatic heterocycles. The van der Waals surface area contributed by atoms with E-state index in [2.05, 4.69) is 0 Å². The lowest BCUT2D eigenvalue weighted by Gasteiger charge is -2.25. The van der Waals surface area contributed by atoms with Crippen LogP contribution in [0.1, 0.15) is 55.8 Å². The maximum Gasteiger partial charge on any atom is 0.303 e. The van der Waals surface area contributed by atoms with Crippen LogP contribution in [-0.2, 0) is 11.3 Å². The standard InChI is InChI=1S/C30H33NO5/c1-35-28-20-23(22-10-4-2-5-11-22)15-18-26(28)30(34)31(25-16-17-25)21-24-12-7-8-13-27(24)36-19-9-3-6-14-29(32)33/h2,4-5,7-8,10-13,15,18,20,25H,3,6,9,14,16-17,19,21H2,1H3,(H,32,33)/i21D. The van der Waals surface area contributed by atoms with E-state index in [1.54, 1.807) is 18.1 Å². The number of aliphatic carboxylic acids is 1. The molecule has 6 heteroatoms. The third-order valence-corrected chi connectivity index (χ3v) is 6.20. The van der Waals surface area contributed by atoms with Gasteiger partial charge in [0.15, 0.2) is 0 Å². The van der Waals surface area contributed by atoms with Crippen molar-refractivity contribution in [2.75, 3.05) is 13.7 Å². The zero-order chi connectivity index (χ0) is 26.2. The highest BCUT2D eigenvalue weighted by molar-refractivity contribution is 5.98. The van der Waals surface area contributed by atoms with E-state index in [-0.39, 0.29) is 18.4 Å². The summed E-state index contributed by atoms with van der Waals surface area (Å²) in [5, 5.41) is 8.78. The molecule has 0 saturated heterocycles. The summed E-state index contributed by atoms with van der Waals surface area (Å²) in [5.74, 6) is 0.0302. The van der Waals surface area contributed by atoms with Crippen LogP contribution in [0.15, 0.2) is 72.8 Å². The first-order valence-electron chi connectivity index (χ1n) is 13.0. The molecule has 0 spiro atoms. The molecule has 1 N–H and O–H groups in total. The van der Waals surface area contributed by atoms with Gasteiger partial charge in [0.1, 0.15) is 11.5 Å². The Bertz CT molecular complexity index is 1210. The van der Waals surface area contributed by atoms with Crippen LogP contribution in [0.5, 0.6) is 11.5 Å². The lowest BCUT2D eigenvalue weighted by atomic mass is 10.0. The van der Waals surface area contributed by atoms with E-state index in [0.29, 0.717) is 35.7 Å². The number of hydrogen-bond acceptors (Lipinski definition) is 4. The largest absolute Gasteiger partial charge is 0.496 e. The van der Waals surface area contributed by atoms with Gasteiger partial charge in [0.2, 0.25) is 0 Å². The number of carbonyl (C=O) groups excluding carboxylic acids is 1. The first-order valence-corrected chi connectivity index (χ1v) is 12.4. The number of unbranched alkanes of at least 4 members (excludes halogenated alkanes) is 2. The molecule has 36 heavy (non-hydrogen) atoms. The molecule has 0 aliphatic heterocycles. The third-order valence-electron chi connectivity index (χ3n) is 6.20. The monoisotopic (exact) mass is 488 g/mol. The van der Waals surface area contributed by atoms with Crippen LogP contribution < -0.4 is 9.47 Å². The Balaban J connectivity index is 1.52. The Morgan fingerprint density at radius 1 is 0.944 bits per heavy atom. The van der Waals surface area contributed by atoms with Gasteiger partial charge < -0.3 is 19.5 Å². The Hall–Kier alpha value is -3.80. The van der Waals surface area contributed by atoms with Crippen molar-refractivity contribution in [3.05, 3.63) is 83.9 Å². The highest BCUT2D eigenvalue weighted by atomic mass is 16.5. The van der Waals surface area contributed by atoms with E-state index < -0.39 is 12.5 Å². The van der Waals surface area contributed by atoms with Crippen LogP contribution >= 0.6 is 0 Å². The number of para-hydroxylation sites is 1. The van der Waals surface area contributed by atoms with Crippen molar-refractivity contribution in [2.24, 2.45) is 0 Å². The van der Waals surface area contributed by atoms with Gasteiger partial charge in [0, 0.05) is 24.5 Å². The molecule has 4 rings (SSSR count). The fraction of sp³-hybridized carbons (Fsp3) is 0.333. The van der Waals surface area contributed by atoms with Gasteiger partial charge in [-0.25, -0.2) is 0 Å². The summed E-state index contributed by atoms with van der Waals surface area (Å²) < 4.78 is 20.7. The zero-order valence-electron chi connectivity index (χ0n) is 21.6. The lowest BCUT2D eigenvalue weighted by molar-refractivity contribution is -0.137. The van der Waals surface area contributed by atoms with Gasteiger partial charge in [-0.15, -0.1) is 0 Å². The number of amides is 1. The van der Waals surface area contributed by atoms with Crippen LogP contribution in [0.4, 0.5) is 0 Å². The van der Waals surface area contributed by atoms with E-state index >= 15 is 0 Å². The van der Waals surface area contributed by atoms with Gasteiger partial charge in [0.05, 0.1) is 20.7 Å². The summed E-state index contributed by atoms with van der Waals surface area (Å²) in [5.41, 5.74) is 3.05. The molecule has 1 unspecified atom stereocenters. The van der Waals surface area contributed by atoms with Crippen molar-refractivity contribution in [2.45, 2.75) is 51.1 Å². The molecule has 1 aliphatic rings. The summed E-state index contributed by atoms with van der Waals surface area (Å²) in [4.78, 5) is 26.1. The number of ether oxygens (including phenoxy) is 2. The molecule has 3 aromatic carbocycles. The number of carboxylic acids is 1. The number of benzene rings is 3. The van der Waals surface area contributed by atoms with Gasteiger partial charge in [-0.05, 0) is 61.4 Å². The Labute approximate surface area is 213 Å². The summed E-state index contributed by atoms with van der Waals surface area (Å²) >= 11 is 0. The fourth-order valence-electron chi connectivity index (χ4n) is 4.11. The van der Waals surface area contributed by atoms with Crippen LogP contribution in [0.25, 0.3) is 11.1 Å². The third kappa shape index (κ3) is 6.66. The SMILES string of the molecule is [2H]C(c1ccccc1OCCCCCC(=O)O)N(C(=O)c1ccc(-c2ccccc2)cc1OC)C1CC1. The smallest absolute Gasteiger partial charge is 0.303 e. The Morgan fingerprint density at radius 2 is 1.69 bits per heavy atom. The zero-order valence-corrected chi connectivity index (χ0v) is 20.6. The maximum absolute atomic E-state index is 13.8. The van der Waals surface area contributed by atoms with E-state index in [0.717, 1.165) is 36.8 Å². The molecule has 1 fully saturated rings. The Kier molecular flexibility index (Phi) is 8.14. The summed E-state index contributed by atoms with van der Waals surface area (Å²) in [6.07, 6.45) is 3.96. The van der Waals surface area contributed by atoms with Crippen molar-refractivity contribution in [1.29, 1.82) is 0 Å². The van der Waals surface area contributed by atoms with Crippen molar-refractivity contribution >= 4 is 11.9 Å². The molecule has 1 saturated carbocycles. The van der Waals surface area contributed by atoms with Gasteiger partial charge in [-0.1, -0.05) is 54.6 Å². The average molecular weight is 489 g/mol. The van der Waals surface area contributed by atoms with E-state index in [4.69, 9.17) is 16.0 Å². The number of hydrogen-bond donors (Lipinski definition) is 1. The summed E-state index contributed by atoms with van der Waals surface area (Å²) in [7, 11) is 1.56. The van der Waals surface area contributed by atoms with Gasteiger partial charge in [0.25, 0.3) is 5.91 Å². The molecule has 6 nitrogen and oxygen atoms in total. The minimum Gasteiger partial charge on any atom is -0.496 e. The average Bonchev–Trinajstić information content (AvgIpc) is 3.76. The molecular formula is C30H33NO5. The first kappa shape index (κ1) is 23.9. The quantitative estimate of drug-likeness (QED) is 0.290. The van der Waals surface area contributed by atoms with Gasteiger partial charge >= 0.3 is 5.97 Å². The molecule has 1 atom stereocenters. The minimum absolute atomic E-state index is 0.00224. The second kappa shape index (κ2) is 12.2. The molecule has 1 amide bonds. The molecule has 1 aliphatic carbocycles. The van der Waals surface area contributed by atoms with E-state index in [1.165, 1.54) is 0 Å². The molecular weight excluding hydrogens is 454 g/mol. The van der Waals surface area contributed by atoms with Gasteiger partial charge in [-0.2, -0.15) is 0 Å². The highest BCUT2D eigenvalue weighted by Crippen LogP contribution is 2.34. The van der Waals surface area contributed by atoms with Crippen molar-refractivity contribution in [1.82, 2.24) is 4.90 Å². The van der Waals surface area contributed by atoms with Crippen LogP contribution in [0.3, 0.4) is 0 Å². The number of nitrogens with zero attached hydrogens (tertiary/aromatic N) is 1. The predicted molar refractivity (Wildman–Crippen MR) is 139 cm³/mol. The minimum atomic E-state index is -0.929. The number of rotatable bonds is 13. The van der Waals surface area contributed by atoms with Crippen LogP contribution in [-0.4, -0.2) is 41.6 Å². The number of methoxy groups -OCH3 is 1. The van der Waals surface area contributed by atoms with E-state index in [1.807, 2.05) is 66.7 Å². The van der Waals surface area contributed by atoms with Crippen LogP contribution in [0, 0.1) is 0 Å². The summed E-state index contributed by atoms with van der Waals surface area (Å²) in [6.45, 7) is -0.503. The maximum atomic E-state index is 13.8. The highest BCUT2D eigenvalue weighted by Gasteiger charge is 2.34. The number of carbonyl (C=O) groups is 2. The number of carboxylic acid groups (broad SMARTS) is 1. The Morgan fingerprint density at radius 3 is 2.42 bits per heavy atom. The van der Waals surface area contributed by atoms with E-state index in [9.17, 15) is 9.59 Å². The van der Waals surface area contributed by atoms with Gasteiger partial charge in [-0.3, -0.25) is 9.59 Å². The first-order chi connectivity index (χ1) is 18.0. The molecule has 3 aromatic rings. The fourth-order valence-corrected chi connectivity index (χ4v) is 4.11. The molecule has 0 radical (unpaired) electrons. The molecule has 0 bridgehead atoms. The van der Waals surface area contributed by atoms with Crippen molar-refractivity contribution < 1.29 is 25.5 Å². The molecule has 0 heterocycles. The van der Waals surface area contributed by atoms with Crippen LogP contribution in [0.2, 0.25) is 0 Å². The lowest BCUT2D eigenvalue weighted by Crippen LogP contribution is -2.33. The van der Waals surface area contributed by atoms with Crippen molar-refractivity contribution in [3.63, 3.8) is 0 Å². The topological polar surface area (TPSA) is 76.1 Å². The second-order valence-electron chi connectivity index (χ2n) is 8.94. The molecule has 188 valence electrons.